The molecule has 5 heteroatoms. The highest BCUT2D eigenvalue weighted by Crippen LogP contribution is 2.16. The van der Waals surface area contributed by atoms with Gasteiger partial charge in [-0.15, -0.1) is 0 Å². The molecule has 1 amide bonds. The molecule has 0 saturated carbocycles. The number of hydrogen-bond donors (Lipinski definition) is 1. The maximum atomic E-state index is 11.9. The van der Waals surface area contributed by atoms with E-state index in [-0.39, 0.29) is 11.9 Å². The number of hydrogen-bond acceptors (Lipinski definition) is 3. The average Bonchev–Trinajstić information content (AvgIpc) is 2.40. The van der Waals surface area contributed by atoms with E-state index >= 15 is 0 Å². The lowest BCUT2D eigenvalue weighted by atomic mass is 10.1. The van der Waals surface area contributed by atoms with Crippen molar-refractivity contribution in [2.75, 3.05) is 0 Å². The van der Waals surface area contributed by atoms with Gasteiger partial charge in [-0.25, -0.2) is 4.98 Å². The molecule has 4 nitrogen and oxygen atoms in total. The maximum absolute atomic E-state index is 11.9. The van der Waals surface area contributed by atoms with Gasteiger partial charge in [0, 0.05) is 17.4 Å². The first-order chi connectivity index (χ1) is 8.66. The first kappa shape index (κ1) is 12.5. The monoisotopic (exact) mass is 261 g/mol. The van der Waals surface area contributed by atoms with Crippen molar-refractivity contribution in [3.8, 4) is 0 Å². The number of rotatable bonds is 3. The van der Waals surface area contributed by atoms with Crippen LogP contribution in [-0.2, 0) is 0 Å². The van der Waals surface area contributed by atoms with E-state index in [2.05, 4.69) is 15.3 Å². The zero-order valence-electron chi connectivity index (χ0n) is 9.80. The highest BCUT2D eigenvalue weighted by molar-refractivity contribution is 6.30. The molecule has 0 saturated heterocycles. The van der Waals surface area contributed by atoms with Gasteiger partial charge in [0.05, 0.1) is 12.2 Å². The molecule has 1 N–H and O–H groups in total. The summed E-state index contributed by atoms with van der Waals surface area (Å²) in [6, 6.07) is 7.23. The van der Waals surface area contributed by atoms with Crippen molar-refractivity contribution in [2.24, 2.45) is 0 Å². The Morgan fingerprint density at radius 2 is 2.00 bits per heavy atom. The normalized spacial score (nSPS) is 11.9. The lowest BCUT2D eigenvalue weighted by Crippen LogP contribution is -2.27. The van der Waals surface area contributed by atoms with Crippen LogP contribution in [0.2, 0.25) is 5.02 Å². The Balaban J connectivity index is 2.06. The largest absolute Gasteiger partial charge is 0.344 e. The zero-order chi connectivity index (χ0) is 13.0. The van der Waals surface area contributed by atoms with Crippen LogP contribution in [0, 0.1) is 0 Å². The number of halogens is 1. The van der Waals surface area contributed by atoms with E-state index in [0.717, 1.165) is 5.56 Å². The minimum absolute atomic E-state index is 0.114. The third kappa shape index (κ3) is 3.05. The Hall–Kier alpha value is -1.94. The predicted molar refractivity (Wildman–Crippen MR) is 69.4 cm³/mol. The number of nitrogens with one attached hydrogen (secondary N) is 1. The van der Waals surface area contributed by atoms with Crippen LogP contribution in [0.15, 0.2) is 42.9 Å². The fraction of sp³-hybridized carbons (Fsp3) is 0.154. The van der Waals surface area contributed by atoms with Crippen molar-refractivity contribution < 1.29 is 4.79 Å². The van der Waals surface area contributed by atoms with Crippen molar-refractivity contribution in [3.05, 3.63) is 59.1 Å². The van der Waals surface area contributed by atoms with E-state index in [1.807, 2.05) is 19.1 Å². The van der Waals surface area contributed by atoms with Gasteiger partial charge in [0.1, 0.15) is 5.69 Å². The van der Waals surface area contributed by atoms with Gasteiger partial charge >= 0.3 is 0 Å². The fourth-order valence-electron chi connectivity index (χ4n) is 1.52. The number of nitrogens with zero attached hydrogens (tertiary/aromatic N) is 2. The first-order valence-electron chi connectivity index (χ1n) is 5.49. The van der Waals surface area contributed by atoms with Crippen LogP contribution in [-0.4, -0.2) is 15.9 Å². The van der Waals surface area contributed by atoms with Gasteiger partial charge in [-0.1, -0.05) is 23.7 Å². The fourth-order valence-corrected chi connectivity index (χ4v) is 1.65. The first-order valence-corrected chi connectivity index (χ1v) is 5.87. The Labute approximate surface area is 110 Å². The molecule has 2 aromatic rings. The SMILES string of the molecule is C[C@H](NC(=O)c1cnccn1)c1ccc(Cl)cc1. The Kier molecular flexibility index (Phi) is 3.89. The average molecular weight is 262 g/mol. The number of aromatic nitrogens is 2. The number of carbonyl (C=O) groups excluding carboxylic acids is 1. The molecule has 0 radical (unpaired) electrons. The van der Waals surface area contributed by atoms with Crippen LogP contribution in [0.4, 0.5) is 0 Å². The van der Waals surface area contributed by atoms with Crippen molar-refractivity contribution in [2.45, 2.75) is 13.0 Å². The van der Waals surface area contributed by atoms with Crippen LogP contribution in [0.5, 0.6) is 0 Å². The molecular formula is C13H12ClN3O. The lowest BCUT2D eigenvalue weighted by molar-refractivity contribution is 0.0934. The quantitative estimate of drug-likeness (QED) is 0.924. The summed E-state index contributed by atoms with van der Waals surface area (Å²) < 4.78 is 0. The topological polar surface area (TPSA) is 54.9 Å². The third-order valence-electron chi connectivity index (χ3n) is 2.51. The molecule has 0 aliphatic rings. The smallest absolute Gasteiger partial charge is 0.271 e. The van der Waals surface area contributed by atoms with E-state index in [1.54, 1.807) is 12.1 Å². The van der Waals surface area contributed by atoms with Crippen molar-refractivity contribution >= 4 is 17.5 Å². The Morgan fingerprint density at radius 1 is 1.28 bits per heavy atom. The maximum Gasteiger partial charge on any atom is 0.271 e. The summed E-state index contributed by atoms with van der Waals surface area (Å²) >= 11 is 5.81. The second-order valence-electron chi connectivity index (χ2n) is 3.84. The number of amides is 1. The predicted octanol–water partition coefficient (Wildman–Crippen LogP) is 2.62. The van der Waals surface area contributed by atoms with Crippen molar-refractivity contribution in [1.82, 2.24) is 15.3 Å². The van der Waals surface area contributed by atoms with E-state index < -0.39 is 0 Å². The minimum atomic E-state index is -0.245. The van der Waals surface area contributed by atoms with Gasteiger partial charge in [-0.3, -0.25) is 9.78 Å². The molecule has 92 valence electrons. The van der Waals surface area contributed by atoms with Gasteiger partial charge in [-0.2, -0.15) is 0 Å². The summed E-state index contributed by atoms with van der Waals surface area (Å²) in [6.07, 6.45) is 4.45. The molecule has 1 heterocycles. The third-order valence-corrected chi connectivity index (χ3v) is 2.77. The molecule has 2 rings (SSSR count). The summed E-state index contributed by atoms with van der Waals surface area (Å²) in [6.45, 7) is 1.90. The van der Waals surface area contributed by atoms with Gasteiger partial charge in [0.2, 0.25) is 0 Å². The van der Waals surface area contributed by atoms with Crippen LogP contribution >= 0.6 is 11.6 Å². The van der Waals surface area contributed by atoms with Gasteiger partial charge in [0.15, 0.2) is 0 Å². The molecule has 1 aromatic heterocycles. The molecule has 1 atom stereocenters. The second-order valence-corrected chi connectivity index (χ2v) is 4.27. The minimum Gasteiger partial charge on any atom is -0.344 e. The summed E-state index contributed by atoms with van der Waals surface area (Å²) in [7, 11) is 0. The molecule has 0 spiro atoms. The summed E-state index contributed by atoms with van der Waals surface area (Å²) in [5, 5.41) is 3.52. The standard InChI is InChI=1S/C13H12ClN3O/c1-9(10-2-4-11(14)5-3-10)17-13(18)12-8-15-6-7-16-12/h2-9H,1H3,(H,17,18)/t9-/m0/s1. The van der Waals surface area contributed by atoms with Gasteiger partial charge < -0.3 is 5.32 Å². The molecule has 0 aliphatic heterocycles. The zero-order valence-corrected chi connectivity index (χ0v) is 10.6. The summed E-state index contributed by atoms with van der Waals surface area (Å²) in [5.41, 5.74) is 1.29. The molecule has 0 aliphatic carbocycles. The van der Waals surface area contributed by atoms with Crippen LogP contribution in [0.1, 0.15) is 29.0 Å². The lowest BCUT2D eigenvalue weighted by Gasteiger charge is -2.13. The number of benzene rings is 1. The van der Waals surface area contributed by atoms with E-state index in [1.165, 1.54) is 18.6 Å². The summed E-state index contributed by atoms with van der Waals surface area (Å²) in [4.78, 5) is 19.7. The highest BCUT2D eigenvalue weighted by Gasteiger charge is 2.12. The molecule has 0 unspecified atom stereocenters. The van der Waals surface area contributed by atoms with E-state index in [0.29, 0.717) is 10.7 Å². The van der Waals surface area contributed by atoms with Crippen LogP contribution in [0.3, 0.4) is 0 Å². The Morgan fingerprint density at radius 3 is 2.61 bits per heavy atom. The highest BCUT2D eigenvalue weighted by atomic mass is 35.5. The van der Waals surface area contributed by atoms with Crippen molar-refractivity contribution in [3.63, 3.8) is 0 Å². The van der Waals surface area contributed by atoms with Gasteiger partial charge in [-0.05, 0) is 24.6 Å². The molecule has 0 bridgehead atoms. The van der Waals surface area contributed by atoms with Gasteiger partial charge in [0.25, 0.3) is 5.91 Å². The van der Waals surface area contributed by atoms with Crippen molar-refractivity contribution in [1.29, 1.82) is 0 Å². The van der Waals surface area contributed by atoms with Crippen LogP contribution < -0.4 is 5.32 Å². The second kappa shape index (κ2) is 5.60. The summed E-state index contributed by atoms with van der Waals surface area (Å²) in [5.74, 6) is -0.245. The molecule has 1 aromatic carbocycles. The Bertz CT molecular complexity index is 528. The molecular weight excluding hydrogens is 250 g/mol. The molecule has 18 heavy (non-hydrogen) atoms. The van der Waals surface area contributed by atoms with E-state index in [9.17, 15) is 4.79 Å². The number of carbonyl (C=O) groups is 1. The van der Waals surface area contributed by atoms with E-state index in [4.69, 9.17) is 11.6 Å². The van der Waals surface area contributed by atoms with Crippen LogP contribution in [0.25, 0.3) is 0 Å². The molecule has 0 fully saturated rings.